The van der Waals surface area contributed by atoms with Gasteiger partial charge in [0, 0.05) is 11.4 Å². The van der Waals surface area contributed by atoms with Gasteiger partial charge >= 0.3 is 0 Å². The summed E-state index contributed by atoms with van der Waals surface area (Å²) in [6.45, 7) is 6.29. The first-order chi connectivity index (χ1) is 11.8. The van der Waals surface area contributed by atoms with E-state index in [-0.39, 0.29) is 5.41 Å². The van der Waals surface area contributed by atoms with Crippen LogP contribution in [-0.2, 0) is 19.8 Å². The van der Waals surface area contributed by atoms with Crippen LogP contribution >= 0.6 is 0 Å². The second-order valence-electron chi connectivity index (χ2n) is 7.16. The van der Waals surface area contributed by atoms with E-state index in [1.165, 1.54) is 0 Å². The molecule has 3 rings (SSSR count). The number of amides is 2. The Bertz CT molecular complexity index is 848. The van der Waals surface area contributed by atoms with Crippen molar-refractivity contribution in [3.8, 4) is 0 Å². The fraction of sp³-hybridized carbons (Fsp3) is 0.250. The zero-order chi connectivity index (χ0) is 18.2. The molecule has 0 aliphatic carbocycles. The first-order valence-corrected chi connectivity index (χ1v) is 8.13. The highest BCUT2D eigenvalue weighted by Gasteiger charge is 2.39. The molecule has 2 N–H and O–H groups in total. The Balaban J connectivity index is 1.76. The van der Waals surface area contributed by atoms with Crippen molar-refractivity contribution in [1.29, 1.82) is 0 Å². The number of carbonyl (C=O) groups excluding carboxylic acids is 3. The van der Waals surface area contributed by atoms with Crippen LogP contribution < -0.4 is 10.6 Å². The van der Waals surface area contributed by atoms with Crippen molar-refractivity contribution in [2.45, 2.75) is 32.1 Å². The van der Waals surface area contributed by atoms with E-state index in [2.05, 4.69) is 31.4 Å². The molecule has 1 heterocycles. The van der Waals surface area contributed by atoms with E-state index in [0.29, 0.717) is 16.9 Å². The number of carbonyl (C=O) groups is 3. The van der Waals surface area contributed by atoms with Crippen molar-refractivity contribution in [2.24, 2.45) is 0 Å². The monoisotopic (exact) mass is 336 g/mol. The summed E-state index contributed by atoms with van der Waals surface area (Å²) < 4.78 is 0. The van der Waals surface area contributed by atoms with Crippen molar-refractivity contribution in [2.75, 3.05) is 10.6 Å². The normalized spacial score (nSPS) is 16.1. The summed E-state index contributed by atoms with van der Waals surface area (Å²) >= 11 is 0. The molecule has 0 radical (unpaired) electrons. The highest BCUT2D eigenvalue weighted by molar-refractivity contribution is 6.47. The number of para-hydroxylation sites is 1. The number of anilines is 2. The lowest BCUT2D eigenvalue weighted by molar-refractivity contribution is -0.138. The summed E-state index contributed by atoms with van der Waals surface area (Å²) in [6.07, 6.45) is 0. The molecule has 1 aliphatic rings. The largest absolute Gasteiger partial charge is 0.325 e. The number of rotatable bonds is 3. The maximum absolute atomic E-state index is 12.5. The van der Waals surface area contributed by atoms with Gasteiger partial charge in [0.2, 0.25) is 11.7 Å². The number of hydrogen-bond acceptors (Lipinski definition) is 3. The number of nitrogens with one attached hydrogen (secondary N) is 2. The molecular formula is C20H20N2O3. The molecule has 1 atom stereocenters. The Kier molecular flexibility index (Phi) is 4.17. The Morgan fingerprint density at radius 1 is 1.00 bits per heavy atom. The quantitative estimate of drug-likeness (QED) is 0.667. The summed E-state index contributed by atoms with van der Waals surface area (Å²) in [5.41, 5.74) is 2.77. The first kappa shape index (κ1) is 16.9. The Morgan fingerprint density at radius 2 is 1.64 bits per heavy atom. The van der Waals surface area contributed by atoms with Gasteiger partial charge < -0.3 is 10.6 Å². The third kappa shape index (κ3) is 3.31. The Morgan fingerprint density at radius 3 is 2.28 bits per heavy atom. The average molecular weight is 336 g/mol. The third-order valence-electron chi connectivity index (χ3n) is 4.29. The van der Waals surface area contributed by atoms with Crippen LogP contribution in [0.3, 0.4) is 0 Å². The number of ketones is 1. The highest BCUT2D eigenvalue weighted by atomic mass is 16.2. The van der Waals surface area contributed by atoms with Crippen LogP contribution in [0, 0.1) is 0 Å². The molecule has 25 heavy (non-hydrogen) atoms. The van der Waals surface area contributed by atoms with Gasteiger partial charge in [0.1, 0.15) is 5.92 Å². The van der Waals surface area contributed by atoms with Gasteiger partial charge in [0.15, 0.2) is 0 Å². The molecule has 2 amide bonds. The molecule has 0 unspecified atom stereocenters. The predicted molar refractivity (Wildman–Crippen MR) is 96.6 cm³/mol. The number of benzene rings is 2. The van der Waals surface area contributed by atoms with Crippen molar-refractivity contribution in [3.63, 3.8) is 0 Å². The topological polar surface area (TPSA) is 75.3 Å². The highest BCUT2D eigenvalue weighted by Crippen LogP contribution is 2.33. The van der Waals surface area contributed by atoms with E-state index >= 15 is 0 Å². The first-order valence-electron chi connectivity index (χ1n) is 8.13. The van der Waals surface area contributed by atoms with Gasteiger partial charge in [0.05, 0.1) is 0 Å². The fourth-order valence-corrected chi connectivity index (χ4v) is 2.85. The minimum Gasteiger partial charge on any atom is -0.325 e. The number of fused-ring (bicyclic) bond motifs is 1. The van der Waals surface area contributed by atoms with E-state index in [0.717, 1.165) is 5.56 Å². The van der Waals surface area contributed by atoms with Gasteiger partial charge in [-0.05, 0) is 34.7 Å². The molecule has 2 aromatic carbocycles. The van der Waals surface area contributed by atoms with E-state index in [1.807, 2.05) is 12.1 Å². The minimum atomic E-state index is -1.09. The molecule has 1 aliphatic heterocycles. The summed E-state index contributed by atoms with van der Waals surface area (Å²) in [4.78, 5) is 36.8. The fourth-order valence-electron chi connectivity index (χ4n) is 2.85. The standard InChI is InChI=1S/C20H20N2O3/c1-20(2,3)12-8-10-13(11-9-12)21-19(25)17(23)16-14-6-4-5-7-15(14)22-18(16)24/h4-11,16H,1-3H3,(H,21,25)(H,22,24)/t16-/m0/s1. The minimum absolute atomic E-state index is 0.00397. The van der Waals surface area contributed by atoms with Crippen molar-refractivity contribution >= 4 is 29.0 Å². The number of hydrogen-bond donors (Lipinski definition) is 2. The molecule has 0 saturated heterocycles. The van der Waals surface area contributed by atoms with Gasteiger partial charge in [-0.3, -0.25) is 14.4 Å². The lowest BCUT2D eigenvalue weighted by Crippen LogP contribution is -2.31. The van der Waals surface area contributed by atoms with Crippen LogP contribution in [-0.4, -0.2) is 17.6 Å². The van der Waals surface area contributed by atoms with Crippen LogP contribution in [0.15, 0.2) is 48.5 Å². The summed E-state index contributed by atoms with van der Waals surface area (Å²) in [6, 6.07) is 14.2. The van der Waals surface area contributed by atoms with Gasteiger partial charge in [-0.25, -0.2) is 0 Å². The Hall–Kier alpha value is -2.95. The van der Waals surface area contributed by atoms with Crippen LogP contribution in [0.1, 0.15) is 37.8 Å². The zero-order valence-corrected chi connectivity index (χ0v) is 14.4. The molecule has 0 spiro atoms. The van der Waals surface area contributed by atoms with Crippen molar-refractivity contribution in [1.82, 2.24) is 0 Å². The predicted octanol–water partition coefficient (Wildman–Crippen LogP) is 3.23. The Labute approximate surface area is 146 Å². The molecule has 5 heteroatoms. The second kappa shape index (κ2) is 6.16. The van der Waals surface area contributed by atoms with Crippen LogP contribution in [0.5, 0.6) is 0 Å². The van der Waals surface area contributed by atoms with Crippen LogP contribution in [0.2, 0.25) is 0 Å². The molecule has 0 fully saturated rings. The SMILES string of the molecule is CC(C)(C)c1ccc(NC(=O)C(=O)[C@H]2C(=O)Nc3ccccc32)cc1. The molecule has 128 valence electrons. The van der Waals surface area contributed by atoms with Gasteiger partial charge in [-0.2, -0.15) is 0 Å². The second-order valence-corrected chi connectivity index (χ2v) is 7.16. The maximum atomic E-state index is 12.5. The van der Waals surface area contributed by atoms with E-state index in [1.54, 1.807) is 36.4 Å². The smallest absolute Gasteiger partial charge is 0.292 e. The van der Waals surface area contributed by atoms with Crippen molar-refractivity contribution in [3.05, 3.63) is 59.7 Å². The molecule has 0 bridgehead atoms. The average Bonchev–Trinajstić information content (AvgIpc) is 2.89. The molecule has 0 aromatic heterocycles. The molecule has 5 nitrogen and oxygen atoms in total. The molecular weight excluding hydrogens is 316 g/mol. The van der Waals surface area contributed by atoms with Gasteiger partial charge in [0.25, 0.3) is 5.91 Å². The summed E-state index contributed by atoms with van der Waals surface area (Å²) in [5.74, 6) is -3.11. The summed E-state index contributed by atoms with van der Waals surface area (Å²) in [5, 5.41) is 5.21. The summed E-state index contributed by atoms with van der Waals surface area (Å²) in [7, 11) is 0. The zero-order valence-electron chi connectivity index (χ0n) is 14.4. The van der Waals surface area contributed by atoms with Gasteiger partial charge in [-0.1, -0.05) is 51.1 Å². The maximum Gasteiger partial charge on any atom is 0.292 e. The van der Waals surface area contributed by atoms with Gasteiger partial charge in [-0.15, -0.1) is 0 Å². The lowest BCUT2D eigenvalue weighted by Gasteiger charge is -2.19. The van der Waals surface area contributed by atoms with Crippen LogP contribution in [0.25, 0.3) is 0 Å². The van der Waals surface area contributed by atoms with E-state index in [9.17, 15) is 14.4 Å². The lowest BCUT2D eigenvalue weighted by atomic mass is 9.87. The number of Topliss-reactive ketones (excluding diaryl/α,β-unsaturated/α-hetero) is 1. The third-order valence-corrected chi connectivity index (χ3v) is 4.29. The molecule has 2 aromatic rings. The van der Waals surface area contributed by atoms with Crippen molar-refractivity contribution < 1.29 is 14.4 Å². The van der Waals surface area contributed by atoms with E-state index < -0.39 is 23.5 Å². The van der Waals surface area contributed by atoms with E-state index in [4.69, 9.17) is 0 Å². The molecule has 0 saturated carbocycles. The van der Waals surface area contributed by atoms with Crippen LogP contribution in [0.4, 0.5) is 11.4 Å².